The van der Waals surface area contributed by atoms with E-state index in [2.05, 4.69) is 10.4 Å². The molecule has 0 fully saturated rings. The number of nitrogens with one attached hydrogen (secondary N) is 1. The van der Waals surface area contributed by atoms with E-state index in [9.17, 15) is 14.0 Å². The van der Waals surface area contributed by atoms with Crippen LogP contribution in [-0.2, 0) is 26.7 Å². The molecule has 2 heterocycles. The third-order valence-corrected chi connectivity index (χ3v) is 6.72. The number of anilines is 1. The van der Waals surface area contributed by atoms with E-state index in [-0.39, 0.29) is 29.1 Å². The number of fused-ring (bicyclic) bond motifs is 1. The average molecular weight is 518 g/mol. The lowest BCUT2D eigenvalue weighted by molar-refractivity contribution is 0.0950. The molecular formula is C28H25ClFN5O2. The topological polar surface area (TPSA) is 70.5 Å². The fourth-order valence-corrected chi connectivity index (χ4v) is 4.63. The Kier molecular flexibility index (Phi) is 6.67. The van der Waals surface area contributed by atoms with E-state index in [1.165, 1.54) is 17.0 Å². The molecule has 3 amide bonds. The minimum Gasteiger partial charge on any atom is -0.348 e. The fraction of sp³-hybridized carbons (Fsp3) is 0.179. The Morgan fingerprint density at radius 1 is 1.08 bits per heavy atom. The maximum atomic E-state index is 14.5. The Morgan fingerprint density at radius 3 is 2.65 bits per heavy atom. The van der Waals surface area contributed by atoms with Crippen molar-refractivity contribution in [3.63, 3.8) is 0 Å². The summed E-state index contributed by atoms with van der Waals surface area (Å²) in [4.78, 5) is 29.1. The summed E-state index contributed by atoms with van der Waals surface area (Å²) >= 11 is 6.23. The van der Waals surface area contributed by atoms with Crippen molar-refractivity contribution in [2.75, 3.05) is 11.9 Å². The Hall–Kier alpha value is -4.17. The smallest absolute Gasteiger partial charge is 0.324 e. The second kappa shape index (κ2) is 10.1. The predicted molar refractivity (Wildman–Crippen MR) is 141 cm³/mol. The summed E-state index contributed by atoms with van der Waals surface area (Å²) in [5.41, 5.74) is 4.80. The molecule has 188 valence electrons. The predicted octanol–water partition coefficient (Wildman–Crippen LogP) is 5.38. The van der Waals surface area contributed by atoms with Crippen LogP contribution >= 0.6 is 11.6 Å². The largest absolute Gasteiger partial charge is 0.348 e. The Labute approximate surface area is 219 Å². The van der Waals surface area contributed by atoms with Crippen LogP contribution in [0, 0.1) is 5.82 Å². The molecule has 3 aromatic carbocycles. The van der Waals surface area contributed by atoms with Crippen molar-refractivity contribution in [1.29, 1.82) is 0 Å². The van der Waals surface area contributed by atoms with Gasteiger partial charge in [0.1, 0.15) is 5.82 Å². The minimum absolute atomic E-state index is 0.0485. The quantitative estimate of drug-likeness (QED) is 0.373. The van der Waals surface area contributed by atoms with E-state index in [1.807, 2.05) is 49.6 Å². The third-order valence-electron chi connectivity index (χ3n) is 6.37. The minimum atomic E-state index is -0.489. The first-order valence-electron chi connectivity index (χ1n) is 11.8. The van der Waals surface area contributed by atoms with E-state index in [0.29, 0.717) is 24.3 Å². The molecule has 0 bridgehead atoms. The van der Waals surface area contributed by atoms with E-state index < -0.39 is 5.82 Å². The summed E-state index contributed by atoms with van der Waals surface area (Å²) in [7, 11) is 3.55. The number of nitrogens with zero attached hydrogens (tertiary/aromatic N) is 4. The fourth-order valence-electron chi connectivity index (χ4n) is 4.41. The molecule has 0 unspecified atom stereocenters. The van der Waals surface area contributed by atoms with Gasteiger partial charge in [0, 0.05) is 55.1 Å². The number of urea groups is 1. The Morgan fingerprint density at radius 2 is 1.89 bits per heavy atom. The second-order valence-electron chi connectivity index (χ2n) is 9.03. The van der Waals surface area contributed by atoms with Crippen LogP contribution in [0.2, 0.25) is 5.02 Å². The zero-order valence-electron chi connectivity index (χ0n) is 20.4. The van der Waals surface area contributed by atoms with Gasteiger partial charge in [-0.25, -0.2) is 9.18 Å². The lowest BCUT2D eigenvalue weighted by atomic mass is 10.0. The van der Waals surface area contributed by atoms with Crippen LogP contribution in [0.4, 0.5) is 14.9 Å². The number of halogens is 2. The van der Waals surface area contributed by atoms with Gasteiger partial charge in [-0.1, -0.05) is 41.9 Å². The molecule has 0 atom stereocenters. The molecule has 1 aromatic heterocycles. The van der Waals surface area contributed by atoms with Crippen LogP contribution in [0.5, 0.6) is 0 Å². The highest BCUT2D eigenvalue weighted by atomic mass is 35.5. The maximum Gasteiger partial charge on any atom is 0.324 e. The number of hydrogen-bond donors (Lipinski definition) is 1. The first-order valence-corrected chi connectivity index (χ1v) is 12.1. The highest BCUT2D eigenvalue weighted by Gasteiger charge is 2.30. The SMILES string of the molecule is CN1Cc2ccc(C(=O)NCc3cccc(-c4ccn(C)n4)c3)cc2N(Cc2c(F)cccc2Cl)C1=O. The zero-order chi connectivity index (χ0) is 26.1. The number of aromatic nitrogens is 2. The van der Waals surface area contributed by atoms with Gasteiger partial charge in [0.15, 0.2) is 0 Å². The normalized spacial score (nSPS) is 13.0. The lowest BCUT2D eigenvalue weighted by Crippen LogP contribution is -2.45. The summed E-state index contributed by atoms with van der Waals surface area (Å²) in [5, 5.41) is 7.62. The summed E-state index contributed by atoms with van der Waals surface area (Å²) in [6, 6.07) is 19.1. The van der Waals surface area contributed by atoms with Gasteiger partial charge < -0.3 is 10.2 Å². The molecule has 4 aromatic rings. The zero-order valence-corrected chi connectivity index (χ0v) is 21.2. The molecule has 0 saturated carbocycles. The van der Waals surface area contributed by atoms with Crippen LogP contribution in [0.3, 0.4) is 0 Å². The van der Waals surface area contributed by atoms with E-state index in [1.54, 1.807) is 34.8 Å². The first-order chi connectivity index (χ1) is 17.8. The molecule has 0 aliphatic carbocycles. The van der Waals surface area contributed by atoms with Crippen LogP contribution < -0.4 is 10.2 Å². The molecule has 1 aliphatic rings. The number of hydrogen-bond acceptors (Lipinski definition) is 3. The molecule has 1 aliphatic heterocycles. The molecule has 5 rings (SSSR count). The van der Waals surface area contributed by atoms with Crippen molar-refractivity contribution in [3.8, 4) is 11.3 Å². The monoisotopic (exact) mass is 517 g/mol. The third kappa shape index (κ3) is 5.06. The van der Waals surface area contributed by atoms with E-state index in [0.717, 1.165) is 22.4 Å². The molecule has 37 heavy (non-hydrogen) atoms. The van der Waals surface area contributed by atoms with Crippen molar-refractivity contribution in [3.05, 3.63) is 106 Å². The van der Waals surface area contributed by atoms with Gasteiger partial charge in [0.25, 0.3) is 5.91 Å². The van der Waals surface area contributed by atoms with Gasteiger partial charge >= 0.3 is 6.03 Å². The first kappa shape index (κ1) is 24.5. The summed E-state index contributed by atoms with van der Waals surface area (Å²) in [6.45, 7) is 0.664. The standard InChI is InChI=1S/C28H25ClFN5O2/c1-33-16-21-10-9-20(14-26(21)35(28(33)37)17-22-23(29)7-4-8-24(22)30)27(36)31-15-18-5-3-6-19(13-18)25-11-12-34(2)32-25/h3-14H,15-17H2,1-2H3,(H,31,36). The van der Waals surface area contributed by atoms with E-state index in [4.69, 9.17) is 11.6 Å². The van der Waals surface area contributed by atoms with Crippen molar-refractivity contribution in [2.45, 2.75) is 19.6 Å². The van der Waals surface area contributed by atoms with Gasteiger partial charge in [-0.2, -0.15) is 5.10 Å². The number of rotatable bonds is 6. The maximum absolute atomic E-state index is 14.5. The van der Waals surface area contributed by atoms with Gasteiger partial charge in [-0.05, 0) is 47.5 Å². The van der Waals surface area contributed by atoms with E-state index >= 15 is 0 Å². The van der Waals surface area contributed by atoms with Crippen LogP contribution in [-0.4, -0.2) is 33.7 Å². The van der Waals surface area contributed by atoms with Crippen molar-refractivity contribution in [2.24, 2.45) is 7.05 Å². The van der Waals surface area contributed by atoms with Crippen molar-refractivity contribution in [1.82, 2.24) is 20.0 Å². The highest BCUT2D eigenvalue weighted by molar-refractivity contribution is 6.31. The van der Waals surface area contributed by atoms with Crippen molar-refractivity contribution >= 4 is 29.2 Å². The van der Waals surface area contributed by atoms with Crippen LogP contribution in [0.1, 0.15) is 27.0 Å². The van der Waals surface area contributed by atoms with Crippen LogP contribution in [0.25, 0.3) is 11.3 Å². The average Bonchev–Trinajstić information content (AvgIpc) is 3.33. The summed E-state index contributed by atoms with van der Waals surface area (Å²) in [6.07, 6.45) is 1.88. The number of carbonyl (C=O) groups excluding carboxylic acids is 2. The van der Waals surface area contributed by atoms with Gasteiger partial charge in [-0.15, -0.1) is 0 Å². The number of aryl methyl sites for hydroxylation is 1. The molecule has 0 radical (unpaired) electrons. The molecule has 0 spiro atoms. The molecule has 9 heteroatoms. The lowest BCUT2D eigenvalue weighted by Gasteiger charge is -2.35. The van der Waals surface area contributed by atoms with Crippen LogP contribution in [0.15, 0.2) is 72.9 Å². The van der Waals surface area contributed by atoms with Gasteiger partial charge in [-0.3, -0.25) is 14.4 Å². The molecule has 1 N–H and O–H groups in total. The number of carbonyl (C=O) groups is 2. The van der Waals surface area contributed by atoms with Gasteiger partial charge in [0.05, 0.1) is 17.9 Å². The molecule has 7 nitrogen and oxygen atoms in total. The number of amides is 3. The summed E-state index contributed by atoms with van der Waals surface area (Å²) < 4.78 is 16.2. The van der Waals surface area contributed by atoms with Gasteiger partial charge in [0.2, 0.25) is 0 Å². The Bertz CT molecular complexity index is 1480. The van der Waals surface area contributed by atoms with Crippen molar-refractivity contribution < 1.29 is 14.0 Å². The number of benzene rings is 3. The second-order valence-corrected chi connectivity index (χ2v) is 9.43. The highest BCUT2D eigenvalue weighted by Crippen LogP contribution is 2.32. The molecule has 0 saturated heterocycles. The Balaban J connectivity index is 1.36. The summed E-state index contributed by atoms with van der Waals surface area (Å²) in [5.74, 6) is -0.766. The molecular weight excluding hydrogens is 493 g/mol.